The van der Waals surface area contributed by atoms with Crippen LogP contribution >= 0.6 is 0 Å². The number of hydrogen-bond acceptors (Lipinski definition) is 6. The van der Waals surface area contributed by atoms with Gasteiger partial charge in [-0.1, -0.05) is 12.1 Å². The molecule has 3 aromatic rings. The molecule has 0 bridgehead atoms. The van der Waals surface area contributed by atoms with Gasteiger partial charge in [0.1, 0.15) is 5.82 Å². The number of hydrogen-bond donors (Lipinski definition) is 1. The van der Waals surface area contributed by atoms with Gasteiger partial charge in [-0.05, 0) is 36.2 Å². The molecule has 1 saturated heterocycles. The zero-order valence-electron chi connectivity index (χ0n) is 15.7. The first-order chi connectivity index (χ1) is 14.0. The highest BCUT2D eigenvalue weighted by Crippen LogP contribution is 2.23. The lowest BCUT2D eigenvalue weighted by atomic mass is 10.1. The van der Waals surface area contributed by atoms with Crippen LogP contribution in [0, 0.1) is 5.82 Å². The maximum absolute atomic E-state index is 13.0. The third-order valence-electron chi connectivity index (χ3n) is 4.98. The van der Waals surface area contributed by atoms with Crippen LogP contribution in [0.1, 0.15) is 22.5 Å². The second-order valence-electron chi connectivity index (χ2n) is 6.85. The Balaban J connectivity index is 1.68. The van der Waals surface area contributed by atoms with E-state index in [1.165, 1.54) is 22.7 Å². The molecule has 1 aliphatic rings. The summed E-state index contributed by atoms with van der Waals surface area (Å²) in [5, 5.41) is 10.3. The number of morpholine rings is 1. The maximum atomic E-state index is 13.0. The van der Waals surface area contributed by atoms with Crippen molar-refractivity contribution >= 4 is 17.1 Å². The summed E-state index contributed by atoms with van der Waals surface area (Å²) in [6.45, 7) is 2.41. The normalized spacial score (nSPS) is 14.3. The van der Waals surface area contributed by atoms with Gasteiger partial charge < -0.3 is 14.7 Å². The standard InChI is InChI=1S/C21H20FN3O4/c22-15-6-3-14(4-7-15)5-8-17(26)18-19(27)21(28)25-9-1-2-16(20(25)23-18)24-10-12-29-13-11-24/h1-4,6-7,9,27H,5,8,10-13H2. The molecule has 29 heavy (non-hydrogen) atoms. The van der Waals surface area contributed by atoms with E-state index in [9.17, 15) is 19.1 Å². The maximum Gasteiger partial charge on any atom is 0.300 e. The van der Waals surface area contributed by atoms with Crippen LogP contribution in [0.4, 0.5) is 10.1 Å². The molecule has 1 N–H and O–H groups in total. The molecule has 0 atom stereocenters. The van der Waals surface area contributed by atoms with Crippen molar-refractivity contribution in [3.05, 3.63) is 70.0 Å². The molecule has 0 unspecified atom stereocenters. The number of benzene rings is 1. The highest BCUT2D eigenvalue weighted by molar-refractivity contribution is 5.97. The molecule has 2 aromatic heterocycles. The van der Waals surface area contributed by atoms with Gasteiger partial charge in [0.25, 0.3) is 0 Å². The van der Waals surface area contributed by atoms with Crippen molar-refractivity contribution in [1.82, 2.24) is 9.38 Å². The Morgan fingerprint density at radius 1 is 1.17 bits per heavy atom. The van der Waals surface area contributed by atoms with E-state index in [4.69, 9.17) is 4.74 Å². The Morgan fingerprint density at radius 3 is 2.62 bits per heavy atom. The van der Waals surface area contributed by atoms with Crippen LogP contribution in [-0.4, -0.2) is 46.6 Å². The molecule has 0 saturated carbocycles. The Kier molecular flexibility index (Phi) is 5.26. The lowest BCUT2D eigenvalue weighted by Crippen LogP contribution is -2.37. The van der Waals surface area contributed by atoms with Gasteiger partial charge in [0.15, 0.2) is 17.1 Å². The molecule has 3 heterocycles. The Morgan fingerprint density at radius 2 is 1.90 bits per heavy atom. The number of rotatable bonds is 5. The van der Waals surface area contributed by atoms with Crippen molar-refractivity contribution in [2.24, 2.45) is 0 Å². The number of aromatic hydroxyl groups is 1. The summed E-state index contributed by atoms with van der Waals surface area (Å²) in [4.78, 5) is 31.7. The van der Waals surface area contributed by atoms with Crippen molar-refractivity contribution in [3.8, 4) is 5.75 Å². The fourth-order valence-electron chi connectivity index (χ4n) is 3.41. The summed E-state index contributed by atoms with van der Waals surface area (Å²) in [7, 11) is 0. The van der Waals surface area contributed by atoms with Crippen molar-refractivity contribution in [2.75, 3.05) is 31.2 Å². The summed E-state index contributed by atoms with van der Waals surface area (Å²) in [6.07, 6.45) is 1.91. The first kappa shape index (κ1) is 19.1. The van der Waals surface area contributed by atoms with Crippen molar-refractivity contribution in [3.63, 3.8) is 0 Å². The quantitative estimate of drug-likeness (QED) is 0.665. The number of carbonyl (C=O) groups excluding carboxylic acids is 1. The van der Waals surface area contributed by atoms with Crippen LogP contribution in [0.5, 0.6) is 5.75 Å². The molecular weight excluding hydrogens is 377 g/mol. The van der Waals surface area contributed by atoms with E-state index >= 15 is 0 Å². The molecule has 0 radical (unpaired) electrons. The number of nitrogens with zero attached hydrogens (tertiary/aromatic N) is 3. The highest BCUT2D eigenvalue weighted by Gasteiger charge is 2.22. The Bertz CT molecular complexity index is 1110. The van der Waals surface area contributed by atoms with Crippen LogP contribution in [0.25, 0.3) is 5.65 Å². The molecule has 7 nitrogen and oxygen atoms in total. The summed E-state index contributed by atoms with van der Waals surface area (Å²) in [6, 6.07) is 9.38. The predicted octanol–water partition coefficient (Wildman–Crippen LogP) is 2.19. The Hall–Kier alpha value is -3.26. The van der Waals surface area contributed by atoms with Gasteiger partial charge in [0, 0.05) is 25.7 Å². The van der Waals surface area contributed by atoms with E-state index in [2.05, 4.69) is 4.98 Å². The van der Waals surface area contributed by atoms with Gasteiger partial charge >= 0.3 is 5.56 Å². The van der Waals surface area contributed by atoms with Crippen LogP contribution < -0.4 is 10.5 Å². The zero-order chi connectivity index (χ0) is 20.4. The fourth-order valence-corrected chi connectivity index (χ4v) is 3.41. The second-order valence-corrected chi connectivity index (χ2v) is 6.85. The summed E-state index contributed by atoms with van der Waals surface area (Å²) < 4.78 is 19.6. The minimum absolute atomic E-state index is 0.0432. The molecular formula is C21H20FN3O4. The molecule has 1 aromatic carbocycles. The second kappa shape index (κ2) is 8.00. The molecule has 150 valence electrons. The number of anilines is 1. The van der Waals surface area contributed by atoms with Crippen LogP contribution in [-0.2, 0) is 11.2 Å². The predicted molar refractivity (Wildman–Crippen MR) is 105 cm³/mol. The summed E-state index contributed by atoms with van der Waals surface area (Å²) in [5.74, 6) is -1.45. The highest BCUT2D eigenvalue weighted by atomic mass is 19.1. The number of halogens is 1. The third-order valence-corrected chi connectivity index (χ3v) is 4.98. The van der Waals surface area contributed by atoms with Gasteiger partial charge in [-0.2, -0.15) is 0 Å². The van der Waals surface area contributed by atoms with Crippen molar-refractivity contribution in [1.29, 1.82) is 0 Å². The average molecular weight is 397 g/mol. The van der Waals surface area contributed by atoms with Crippen molar-refractivity contribution < 1.29 is 19.0 Å². The largest absolute Gasteiger partial charge is 0.501 e. The third kappa shape index (κ3) is 3.84. The van der Waals surface area contributed by atoms with E-state index in [-0.39, 0.29) is 17.9 Å². The SMILES string of the molecule is O=C(CCc1ccc(F)cc1)c1nc2c(N3CCOCC3)cccn2c(=O)c1O. The van der Waals surface area contributed by atoms with Crippen LogP contribution in [0.2, 0.25) is 0 Å². The summed E-state index contributed by atoms with van der Waals surface area (Å²) in [5.41, 5.74) is 0.890. The molecule has 8 heteroatoms. The topological polar surface area (TPSA) is 84.1 Å². The van der Waals surface area contributed by atoms with E-state index in [1.807, 2.05) is 11.0 Å². The zero-order valence-corrected chi connectivity index (χ0v) is 15.7. The number of ether oxygens (including phenoxy) is 1. The number of carbonyl (C=O) groups is 1. The fraction of sp³-hybridized carbons (Fsp3) is 0.286. The molecule has 0 spiro atoms. The van der Waals surface area contributed by atoms with Gasteiger partial charge in [-0.3, -0.25) is 14.0 Å². The van der Waals surface area contributed by atoms with E-state index in [0.29, 0.717) is 44.1 Å². The lowest BCUT2D eigenvalue weighted by Gasteiger charge is -2.29. The van der Waals surface area contributed by atoms with E-state index in [0.717, 1.165) is 5.56 Å². The number of ketones is 1. The van der Waals surface area contributed by atoms with Gasteiger partial charge in [-0.25, -0.2) is 9.37 Å². The molecule has 0 aliphatic carbocycles. The first-order valence-corrected chi connectivity index (χ1v) is 9.39. The minimum Gasteiger partial charge on any atom is -0.501 e. The number of fused-ring (bicyclic) bond motifs is 1. The number of aromatic nitrogens is 2. The Labute approximate surface area is 166 Å². The lowest BCUT2D eigenvalue weighted by molar-refractivity contribution is 0.0975. The van der Waals surface area contributed by atoms with Gasteiger partial charge in [-0.15, -0.1) is 0 Å². The first-order valence-electron chi connectivity index (χ1n) is 9.39. The van der Waals surface area contributed by atoms with Gasteiger partial charge in [0.05, 0.1) is 18.9 Å². The molecule has 1 fully saturated rings. The molecule has 1 aliphatic heterocycles. The van der Waals surface area contributed by atoms with Gasteiger partial charge in [0.2, 0.25) is 5.75 Å². The monoisotopic (exact) mass is 397 g/mol. The van der Waals surface area contributed by atoms with Crippen LogP contribution in [0.15, 0.2) is 47.4 Å². The average Bonchev–Trinajstić information content (AvgIpc) is 2.76. The van der Waals surface area contributed by atoms with Crippen LogP contribution in [0.3, 0.4) is 0 Å². The molecule has 4 rings (SSSR count). The minimum atomic E-state index is -0.685. The smallest absolute Gasteiger partial charge is 0.300 e. The van der Waals surface area contributed by atoms with E-state index in [1.54, 1.807) is 18.2 Å². The van der Waals surface area contributed by atoms with E-state index < -0.39 is 17.1 Å². The molecule has 0 amide bonds. The number of aryl methyl sites for hydroxylation is 1. The van der Waals surface area contributed by atoms with Crippen molar-refractivity contribution in [2.45, 2.75) is 12.8 Å². The number of Topliss-reactive ketones (excluding diaryl/α,β-unsaturated/α-hetero) is 1. The summed E-state index contributed by atoms with van der Waals surface area (Å²) >= 11 is 0. The number of pyridine rings is 1.